The first-order chi connectivity index (χ1) is 8.77. The van der Waals surface area contributed by atoms with Crippen molar-refractivity contribution < 1.29 is 0 Å². The van der Waals surface area contributed by atoms with Crippen LogP contribution in [0.3, 0.4) is 0 Å². The van der Waals surface area contributed by atoms with Crippen molar-refractivity contribution in [3.63, 3.8) is 0 Å². The highest BCUT2D eigenvalue weighted by atomic mass is 16.1. The number of hydrogen-bond acceptors (Lipinski definition) is 2. The van der Waals surface area contributed by atoms with Crippen LogP contribution in [0.1, 0.15) is 18.1 Å². The van der Waals surface area contributed by atoms with Crippen molar-refractivity contribution in [1.29, 1.82) is 5.26 Å². The fourth-order valence-corrected chi connectivity index (χ4v) is 1.95. The minimum absolute atomic E-state index is 0.00481. The zero-order valence-electron chi connectivity index (χ0n) is 10.2. The van der Waals surface area contributed by atoms with E-state index in [9.17, 15) is 4.79 Å². The Balaban J connectivity index is 2.78. The Hall–Kier alpha value is -2.40. The van der Waals surface area contributed by atoms with E-state index in [0.717, 1.165) is 5.56 Å². The lowest BCUT2D eigenvalue weighted by atomic mass is 10.00. The molecule has 0 N–H and O–H groups in total. The summed E-state index contributed by atoms with van der Waals surface area (Å²) in [5, 5.41) is 9.11. The van der Waals surface area contributed by atoms with E-state index in [4.69, 9.17) is 5.26 Å². The molecule has 0 aromatic heterocycles. The highest BCUT2D eigenvalue weighted by molar-refractivity contribution is 5.70. The average Bonchev–Trinajstić information content (AvgIpc) is 2.60. The predicted octanol–water partition coefficient (Wildman–Crippen LogP) is 3.15. The highest BCUT2D eigenvalue weighted by Gasteiger charge is 2.08. The normalized spacial score (nSPS) is 9.78. The van der Waals surface area contributed by atoms with Gasteiger partial charge >= 0.3 is 0 Å². The van der Waals surface area contributed by atoms with E-state index in [-0.39, 0.29) is 5.43 Å². The summed E-state index contributed by atoms with van der Waals surface area (Å²) in [5.41, 5.74) is 2.60. The van der Waals surface area contributed by atoms with E-state index in [2.05, 4.69) is 6.07 Å². The van der Waals surface area contributed by atoms with Gasteiger partial charge < -0.3 is 0 Å². The van der Waals surface area contributed by atoms with Gasteiger partial charge in [-0.3, -0.25) is 4.79 Å². The monoisotopic (exact) mass is 235 g/mol. The van der Waals surface area contributed by atoms with E-state index in [0.29, 0.717) is 23.1 Å². The molecule has 2 aromatic rings. The molecular weight excluding hydrogens is 222 g/mol. The molecule has 0 amide bonds. The fourth-order valence-electron chi connectivity index (χ4n) is 1.95. The predicted molar refractivity (Wildman–Crippen MR) is 72.2 cm³/mol. The van der Waals surface area contributed by atoms with Crippen LogP contribution in [0.15, 0.2) is 53.3 Å². The molecule has 0 fully saturated rings. The summed E-state index contributed by atoms with van der Waals surface area (Å²) in [5.74, 6) is 0. The summed E-state index contributed by atoms with van der Waals surface area (Å²) in [6.45, 7) is 1.96. The van der Waals surface area contributed by atoms with Gasteiger partial charge in [0, 0.05) is 11.1 Å². The first kappa shape index (κ1) is 12.1. The second-order valence-electron chi connectivity index (χ2n) is 4.00. The van der Waals surface area contributed by atoms with Crippen LogP contribution < -0.4 is 5.43 Å². The SMILES string of the molecule is CCc1ccccc(-c2ccccc2C#N)c1=O. The molecule has 0 atom stereocenters. The smallest absolute Gasteiger partial charge is 0.189 e. The number of benzene rings is 1. The zero-order chi connectivity index (χ0) is 13.0. The quantitative estimate of drug-likeness (QED) is 0.802. The van der Waals surface area contributed by atoms with E-state index in [1.807, 2.05) is 37.3 Å². The van der Waals surface area contributed by atoms with Crippen LogP contribution in [-0.4, -0.2) is 0 Å². The van der Waals surface area contributed by atoms with Crippen molar-refractivity contribution in [2.24, 2.45) is 0 Å². The maximum atomic E-state index is 12.4. The maximum absolute atomic E-state index is 12.4. The van der Waals surface area contributed by atoms with Crippen molar-refractivity contribution in [2.45, 2.75) is 13.3 Å². The van der Waals surface area contributed by atoms with Gasteiger partial charge in [0.25, 0.3) is 0 Å². The van der Waals surface area contributed by atoms with Gasteiger partial charge in [-0.15, -0.1) is 0 Å². The van der Waals surface area contributed by atoms with E-state index >= 15 is 0 Å². The standard InChI is InChI=1S/C16H13NO/c1-2-12-7-3-6-10-15(16(12)18)14-9-5-4-8-13(14)11-17/h3-10H,2H2,1H3. The van der Waals surface area contributed by atoms with Gasteiger partial charge in [0.1, 0.15) is 0 Å². The third-order valence-electron chi connectivity index (χ3n) is 2.93. The fraction of sp³-hybridized carbons (Fsp3) is 0.125. The Morgan fingerprint density at radius 2 is 1.61 bits per heavy atom. The number of hydrogen-bond donors (Lipinski definition) is 0. The van der Waals surface area contributed by atoms with Gasteiger partial charge in [-0.25, -0.2) is 0 Å². The number of nitrogens with zero attached hydrogens (tertiary/aromatic N) is 1. The molecule has 18 heavy (non-hydrogen) atoms. The van der Waals surface area contributed by atoms with Crippen molar-refractivity contribution in [3.8, 4) is 17.2 Å². The van der Waals surface area contributed by atoms with Crippen LogP contribution in [0, 0.1) is 11.3 Å². The van der Waals surface area contributed by atoms with Gasteiger partial charge in [-0.1, -0.05) is 49.4 Å². The summed E-state index contributed by atoms with van der Waals surface area (Å²) < 4.78 is 0. The van der Waals surface area contributed by atoms with E-state index < -0.39 is 0 Å². The Morgan fingerprint density at radius 1 is 1.00 bits per heavy atom. The number of rotatable bonds is 2. The van der Waals surface area contributed by atoms with Crippen molar-refractivity contribution >= 4 is 0 Å². The molecule has 0 spiro atoms. The molecule has 88 valence electrons. The minimum Gasteiger partial charge on any atom is -0.289 e. The topological polar surface area (TPSA) is 40.9 Å². The molecule has 0 saturated heterocycles. The first-order valence-corrected chi connectivity index (χ1v) is 5.89. The second-order valence-corrected chi connectivity index (χ2v) is 4.00. The van der Waals surface area contributed by atoms with Crippen molar-refractivity contribution in [3.05, 3.63) is 69.9 Å². The zero-order valence-corrected chi connectivity index (χ0v) is 10.2. The largest absolute Gasteiger partial charge is 0.289 e. The summed E-state index contributed by atoms with van der Waals surface area (Å²) in [6, 6.07) is 16.6. The number of aryl methyl sites for hydroxylation is 1. The average molecular weight is 235 g/mol. The van der Waals surface area contributed by atoms with Gasteiger partial charge in [0.15, 0.2) is 5.43 Å². The summed E-state index contributed by atoms with van der Waals surface area (Å²) >= 11 is 0. The molecule has 0 heterocycles. The summed E-state index contributed by atoms with van der Waals surface area (Å²) in [6.07, 6.45) is 0.690. The Kier molecular flexibility index (Phi) is 3.54. The second kappa shape index (κ2) is 5.29. The third kappa shape index (κ3) is 2.16. The van der Waals surface area contributed by atoms with Crippen LogP contribution in [-0.2, 0) is 6.42 Å². The van der Waals surface area contributed by atoms with Crippen LogP contribution in [0.5, 0.6) is 0 Å². The molecule has 0 saturated carbocycles. The Bertz CT molecular complexity index is 668. The summed E-state index contributed by atoms with van der Waals surface area (Å²) in [7, 11) is 0. The summed E-state index contributed by atoms with van der Waals surface area (Å²) in [4.78, 5) is 12.4. The van der Waals surface area contributed by atoms with E-state index in [1.54, 1.807) is 18.2 Å². The Labute approximate surface area is 106 Å². The molecule has 0 bridgehead atoms. The van der Waals surface area contributed by atoms with Crippen molar-refractivity contribution in [2.75, 3.05) is 0 Å². The third-order valence-corrected chi connectivity index (χ3v) is 2.93. The van der Waals surface area contributed by atoms with Crippen LogP contribution in [0.2, 0.25) is 0 Å². The van der Waals surface area contributed by atoms with Crippen LogP contribution in [0.25, 0.3) is 11.1 Å². The molecule has 2 heteroatoms. The van der Waals surface area contributed by atoms with Gasteiger partial charge in [0.05, 0.1) is 11.6 Å². The van der Waals surface area contributed by atoms with Crippen LogP contribution in [0.4, 0.5) is 0 Å². The molecule has 0 aliphatic rings. The Morgan fingerprint density at radius 3 is 2.28 bits per heavy atom. The molecule has 2 aromatic carbocycles. The lowest BCUT2D eigenvalue weighted by Crippen LogP contribution is -2.07. The lowest BCUT2D eigenvalue weighted by Gasteiger charge is -2.01. The van der Waals surface area contributed by atoms with E-state index in [1.165, 1.54) is 0 Å². The van der Waals surface area contributed by atoms with Crippen molar-refractivity contribution in [1.82, 2.24) is 0 Å². The van der Waals surface area contributed by atoms with Gasteiger partial charge in [-0.2, -0.15) is 5.26 Å². The van der Waals surface area contributed by atoms with Crippen LogP contribution >= 0.6 is 0 Å². The maximum Gasteiger partial charge on any atom is 0.189 e. The molecule has 0 aliphatic heterocycles. The van der Waals surface area contributed by atoms with Gasteiger partial charge in [0.2, 0.25) is 0 Å². The number of nitriles is 1. The minimum atomic E-state index is 0.00481. The molecule has 0 unspecified atom stereocenters. The molecule has 2 nitrogen and oxygen atoms in total. The molecular formula is C16H13NO. The molecule has 0 radical (unpaired) electrons. The molecule has 2 rings (SSSR count). The first-order valence-electron chi connectivity index (χ1n) is 5.89. The lowest BCUT2D eigenvalue weighted by molar-refractivity contribution is 1.13. The molecule has 0 aliphatic carbocycles. The highest BCUT2D eigenvalue weighted by Crippen LogP contribution is 2.19. The van der Waals surface area contributed by atoms with Gasteiger partial charge in [-0.05, 0) is 18.1 Å².